The lowest BCUT2D eigenvalue weighted by molar-refractivity contribution is 0.0342. The van der Waals surface area contributed by atoms with Crippen molar-refractivity contribution >= 4 is 35.6 Å². The van der Waals surface area contributed by atoms with E-state index in [-0.39, 0.29) is 24.0 Å². The molecule has 7 heteroatoms. The third kappa shape index (κ3) is 7.86. The van der Waals surface area contributed by atoms with Crippen molar-refractivity contribution in [3.8, 4) is 0 Å². The molecule has 1 atom stereocenters. The van der Waals surface area contributed by atoms with Crippen LogP contribution in [0.25, 0.3) is 0 Å². The Morgan fingerprint density at radius 3 is 2.58 bits per heavy atom. The molecule has 2 fully saturated rings. The number of hydrogen-bond acceptors (Lipinski definition) is 4. The number of nitrogens with one attached hydrogen (secondary N) is 2. The second-order valence-corrected chi connectivity index (χ2v) is 8.82. The summed E-state index contributed by atoms with van der Waals surface area (Å²) in [7, 11) is 0. The topological polar surface area (TPSA) is 52.1 Å². The van der Waals surface area contributed by atoms with Crippen LogP contribution in [0.5, 0.6) is 0 Å². The summed E-state index contributed by atoms with van der Waals surface area (Å²) in [5, 5.41) is 7.07. The van der Waals surface area contributed by atoms with E-state index in [1.54, 1.807) is 0 Å². The SMILES string of the molecule is CCNC(=NCc1cccc(CN2CCOCC2)c1)NC1CCN(c2ccc(C)cc2)C1.I. The molecule has 2 aromatic carbocycles. The number of aryl methyl sites for hydroxylation is 1. The van der Waals surface area contributed by atoms with Gasteiger partial charge in [0.1, 0.15) is 0 Å². The third-order valence-corrected chi connectivity index (χ3v) is 6.19. The third-order valence-electron chi connectivity index (χ3n) is 6.19. The molecule has 33 heavy (non-hydrogen) atoms. The van der Waals surface area contributed by atoms with Crippen molar-refractivity contribution in [1.82, 2.24) is 15.5 Å². The molecule has 2 N–H and O–H groups in total. The minimum absolute atomic E-state index is 0. The van der Waals surface area contributed by atoms with Crippen molar-refractivity contribution in [3.05, 3.63) is 65.2 Å². The summed E-state index contributed by atoms with van der Waals surface area (Å²) in [6, 6.07) is 18.1. The predicted octanol–water partition coefficient (Wildman–Crippen LogP) is 3.78. The van der Waals surface area contributed by atoms with E-state index in [0.29, 0.717) is 12.6 Å². The van der Waals surface area contributed by atoms with E-state index in [2.05, 4.69) is 82.8 Å². The van der Waals surface area contributed by atoms with E-state index in [0.717, 1.165) is 64.9 Å². The number of ether oxygens (including phenoxy) is 1. The number of halogens is 1. The van der Waals surface area contributed by atoms with Crippen molar-refractivity contribution in [1.29, 1.82) is 0 Å². The van der Waals surface area contributed by atoms with Gasteiger partial charge in [-0.15, -0.1) is 24.0 Å². The molecule has 2 aliphatic rings. The lowest BCUT2D eigenvalue weighted by Gasteiger charge is -2.26. The number of nitrogens with zero attached hydrogens (tertiary/aromatic N) is 3. The van der Waals surface area contributed by atoms with Crippen molar-refractivity contribution in [3.63, 3.8) is 0 Å². The number of anilines is 1. The molecule has 2 saturated heterocycles. The van der Waals surface area contributed by atoms with Gasteiger partial charge in [-0.1, -0.05) is 42.0 Å². The first kappa shape index (κ1) is 25.8. The Morgan fingerprint density at radius 1 is 1.06 bits per heavy atom. The van der Waals surface area contributed by atoms with Crippen molar-refractivity contribution in [2.75, 3.05) is 50.8 Å². The van der Waals surface area contributed by atoms with Crippen LogP contribution in [-0.2, 0) is 17.8 Å². The Hall–Kier alpha value is -1.84. The molecule has 0 amide bonds. The molecule has 0 radical (unpaired) electrons. The van der Waals surface area contributed by atoms with Gasteiger partial charge in [0.05, 0.1) is 19.8 Å². The molecule has 4 rings (SSSR count). The molecule has 0 aliphatic carbocycles. The summed E-state index contributed by atoms with van der Waals surface area (Å²) in [5.41, 5.74) is 5.21. The smallest absolute Gasteiger partial charge is 0.191 e. The summed E-state index contributed by atoms with van der Waals surface area (Å²) < 4.78 is 5.46. The Morgan fingerprint density at radius 2 is 1.82 bits per heavy atom. The number of aliphatic imine (C=N–C) groups is 1. The molecule has 6 nitrogen and oxygen atoms in total. The zero-order valence-corrected chi connectivity index (χ0v) is 22.3. The first-order valence-electron chi connectivity index (χ1n) is 11.9. The maximum atomic E-state index is 5.46. The summed E-state index contributed by atoms with van der Waals surface area (Å²) in [4.78, 5) is 9.80. The first-order chi connectivity index (χ1) is 15.7. The summed E-state index contributed by atoms with van der Waals surface area (Å²) >= 11 is 0. The minimum atomic E-state index is 0. The fourth-order valence-corrected chi connectivity index (χ4v) is 4.40. The molecule has 2 aliphatic heterocycles. The Kier molecular flexibility index (Phi) is 10.3. The van der Waals surface area contributed by atoms with Crippen LogP contribution in [-0.4, -0.2) is 62.8 Å². The minimum Gasteiger partial charge on any atom is -0.379 e. The van der Waals surface area contributed by atoms with Crippen LogP contribution in [0.3, 0.4) is 0 Å². The van der Waals surface area contributed by atoms with Crippen LogP contribution in [0.4, 0.5) is 5.69 Å². The highest BCUT2D eigenvalue weighted by molar-refractivity contribution is 14.0. The molecule has 2 aromatic rings. The van der Waals surface area contributed by atoms with Crippen LogP contribution >= 0.6 is 24.0 Å². The second-order valence-electron chi connectivity index (χ2n) is 8.82. The van der Waals surface area contributed by atoms with Crippen molar-refractivity contribution < 1.29 is 4.74 Å². The van der Waals surface area contributed by atoms with E-state index in [1.807, 2.05) is 0 Å². The van der Waals surface area contributed by atoms with Crippen molar-refractivity contribution in [2.24, 2.45) is 4.99 Å². The van der Waals surface area contributed by atoms with E-state index in [4.69, 9.17) is 9.73 Å². The molecule has 0 saturated carbocycles. The summed E-state index contributed by atoms with van der Waals surface area (Å²) in [5.74, 6) is 0.904. The Bertz CT molecular complexity index is 883. The number of guanidine groups is 1. The van der Waals surface area contributed by atoms with E-state index in [1.165, 1.54) is 22.4 Å². The van der Waals surface area contributed by atoms with E-state index in [9.17, 15) is 0 Å². The average Bonchev–Trinajstić information content (AvgIpc) is 3.27. The highest BCUT2D eigenvalue weighted by Crippen LogP contribution is 2.20. The molecule has 0 spiro atoms. The van der Waals surface area contributed by atoms with E-state index < -0.39 is 0 Å². The molecule has 0 bridgehead atoms. The van der Waals surface area contributed by atoms with Gasteiger partial charge in [-0.05, 0) is 43.5 Å². The van der Waals surface area contributed by atoms with Gasteiger partial charge in [0.15, 0.2) is 5.96 Å². The molecule has 1 unspecified atom stereocenters. The van der Waals surface area contributed by atoms with E-state index >= 15 is 0 Å². The summed E-state index contributed by atoms with van der Waals surface area (Å²) in [6.07, 6.45) is 1.12. The van der Waals surface area contributed by atoms with Crippen LogP contribution in [0, 0.1) is 6.92 Å². The summed E-state index contributed by atoms with van der Waals surface area (Å²) in [6.45, 7) is 12.5. The number of benzene rings is 2. The lowest BCUT2D eigenvalue weighted by Crippen LogP contribution is -2.44. The van der Waals surface area contributed by atoms with Gasteiger partial charge in [0.25, 0.3) is 0 Å². The van der Waals surface area contributed by atoms with Gasteiger partial charge in [-0.2, -0.15) is 0 Å². The fraction of sp³-hybridized carbons (Fsp3) is 0.500. The number of rotatable bonds is 7. The number of hydrogen-bond donors (Lipinski definition) is 2. The Balaban J connectivity index is 0.00000306. The average molecular weight is 564 g/mol. The largest absolute Gasteiger partial charge is 0.379 e. The molecule has 2 heterocycles. The van der Waals surface area contributed by atoms with Gasteiger partial charge in [-0.25, -0.2) is 4.99 Å². The standard InChI is InChI=1S/C26H37N5O.HI/c1-3-27-26(29-24-11-12-31(20-24)25-9-7-21(2)8-10-25)28-18-22-5-4-6-23(17-22)19-30-13-15-32-16-14-30;/h4-10,17,24H,3,11-16,18-20H2,1-2H3,(H2,27,28,29);1H. The number of morpholine rings is 1. The van der Waals surface area contributed by atoms with Gasteiger partial charge in [0.2, 0.25) is 0 Å². The van der Waals surface area contributed by atoms with Gasteiger partial charge < -0.3 is 20.3 Å². The second kappa shape index (κ2) is 13.2. The first-order valence-corrected chi connectivity index (χ1v) is 11.9. The quantitative estimate of drug-likeness (QED) is 0.305. The monoisotopic (exact) mass is 563 g/mol. The highest BCUT2D eigenvalue weighted by atomic mass is 127. The molecule has 180 valence electrons. The Labute approximate surface area is 215 Å². The van der Waals surface area contributed by atoms with Crippen molar-refractivity contribution in [2.45, 2.75) is 39.4 Å². The van der Waals surface area contributed by atoms with Gasteiger partial charge in [0, 0.05) is 51.0 Å². The zero-order chi connectivity index (χ0) is 22.2. The maximum Gasteiger partial charge on any atom is 0.191 e. The zero-order valence-electron chi connectivity index (χ0n) is 19.9. The fourth-order valence-electron chi connectivity index (χ4n) is 4.40. The van der Waals surface area contributed by atoms with Crippen LogP contribution in [0.1, 0.15) is 30.0 Å². The van der Waals surface area contributed by atoms with Gasteiger partial charge >= 0.3 is 0 Å². The molecular weight excluding hydrogens is 525 g/mol. The molecular formula is C26H38IN5O. The lowest BCUT2D eigenvalue weighted by atomic mass is 10.1. The normalized spacial score (nSPS) is 19.3. The van der Waals surface area contributed by atoms with Crippen LogP contribution < -0.4 is 15.5 Å². The predicted molar refractivity (Wildman–Crippen MR) is 148 cm³/mol. The molecule has 0 aromatic heterocycles. The van der Waals surface area contributed by atoms with Crippen LogP contribution in [0.2, 0.25) is 0 Å². The maximum absolute atomic E-state index is 5.46. The van der Waals surface area contributed by atoms with Crippen LogP contribution in [0.15, 0.2) is 53.5 Å². The van der Waals surface area contributed by atoms with Gasteiger partial charge in [-0.3, -0.25) is 4.90 Å². The highest BCUT2D eigenvalue weighted by Gasteiger charge is 2.23.